The Kier molecular flexibility index (Phi) is 3.60. The highest BCUT2D eigenvalue weighted by atomic mass is 16.3. The van der Waals surface area contributed by atoms with Gasteiger partial charge in [0.15, 0.2) is 0 Å². The number of fused-ring (bicyclic) bond motifs is 5. The minimum Gasteiger partial charge on any atom is -0.392 e. The van der Waals surface area contributed by atoms with Crippen molar-refractivity contribution in [2.24, 2.45) is 34.5 Å². The van der Waals surface area contributed by atoms with Gasteiger partial charge in [0.1, 0.15) is 0 Å². The molecule has 140 valence electrons. The third-order valence-electron chi connectivity index (χ3n) is 8.85. The molecule has 2 saturated carbocycles. The first kappa shape index (κ1) is 16.8. The molecule has 0 radical (unpaired) electrons. The molecule has 26 heavy (non-hydrogen) atoms. The van der Waals surface area contributed by atoms with Gasteiger partial charge >= 0.3 is 0 Å². The van der Waals surface area contributed by atoms with E-state index < -0.39 is 0 Å². The maximum absolute atomic E-state index is 11.0. The second-order valence-corrected chi connectivity index (χ2v) is 9.81. The van der Waals surface area contributed by atoms with Crippen LogP contribution in [-0.2, 0) is 0 Å². The molecule has 0 aromatic carbocycles. The Labute approximate surface area is 157 Å². The number of hydrogen-bond acceptors (Lipinski definition) is 2. The molecule has 2 fully saturated rings. The Bertz CT molecular complexity index is 763. The number of H-pyrrole nitrogens is 1. The standard InChI is InChI=1S/C23H32N2O/c1-14-11-15-5-4-6-20(26)23(15,3)18-9-10-22(2)16(19-12-24-13-25-19)7-8-17(22)21(14)18/h7,11-14,17-18,20-21,26H,4-6,8-10H2,1-3H3,(H,24,25)/t14-,17+,18+,20?,21+,22-,23+/m1/s1. The molecule has 0 aliphatic heterocycles. The largest absolute Gasteiger partial charge is 0.392 e. The molecule has 0 bridgehead atoms. The molecule has 3 heteroatoms. The molecule has 4 aliphatic rings. The molecular formula is C23H32N2O. The number of aliphatic hydroxyl groups excluding tert-OH is 1. The molecule has 0 amide bonds. The summed E-state index contributed by atoms with van der Waals surface area (Å²) in [7, 11) is 0. The zero-order chi connectivity index (χ0) is 18.1. The third kappa shape index (κ3) is 2.01. The van der Waals surface area contributed by atoms with Crippen molar-refractivity contribution in [1.82, 2.24) is 9.97 Å². The van der Waals surface area contributed by atoms with Gasteiger partial charge in [0, 0.05) is 5.41 Å². The third-order valence-corrected chi connectivity index (χ3v) is 8.85. The number of hydrogen-bond donors (Lipinski definition) is 2. The summed E-state index contributed by atoms with van der Waals surface area (Å²) in [6.07, 6.45) is 15.6. The van der Waals surface area contributed by atoms with Crippen LogP contribution in [-0.4, -0.2) is 21.2 Å². The van der Waals surface area contributed by atoms with E-state index >= 15 is 0 Å². The summed E-state index contributed by atoms with van der Waals surface area (Å²) in [6, 6.07) is 0. The van der Waals surface area contributed by atoms with Crippen LogP contribution in [0.25, 0.3) is 5.57 Å². The summed E-state index contributed by atoms with van der Waals surface area (Å²) >= 11 is 0. The van der Waals surface area contributed by atoms with Gasteiger partial charge in [-0.15, -0.1) is 0 Å². The Balaban J connectivity index is 1.55. The maximum atomic E-state index is 11.0. The van der Waals surface area contributed by atoms with Gasteiger partial charge in [-0.25, -0.2) is 4.98 Å². The van der Waals surface area contributed by atoms with E-state index in [0.717, 1.165) is 12.8 Å². The second-order valence-electron chi connectivity index (χ2n) is 9.81. The minimum absolute atomic E-state index is 0.00744. The summed E-state index contributed by atoms with van der Waals surface area (Å²) in [5, 5.41) is 11.0. The monoisotopic (exact) mass is 352 g/mol. The Morgan fingerprint density at radius 1 is 1.23 bits per heavy atom. The fourth-order valence-electron chi connectivity index (χ4n) is 7.47. The van der Waals surface area contributed by atoms with E-state index in [1.165, 1.54) is 37.0 Å². The second kappa shape index (κ2) is 5.58. The Morgan fingerprint density at radius 3 is 2.85 bits per heavy atom. The van der Waals surface area contributed by atoms with E-state index in [1.54, 1.807) is 11.9 Å². The van der Waals surface area contributed by atoms with Crippen LogP contribution in [0.1, 0.15) is 65.0 Å². The molecule has 1 aromatic rings. The SMILES string of the molecule is C[C@@H]1C=C2CCCC(O)[C@]2(C)[C@H]2CC[C@]3(C)C(c4cnc[nH]4)=CC[C@H]3[C@H]12. The fourth-order valence-corrected chi connectivity index (χ4v) is 7.47. The molecule has 3 nitrogen and oxygen atoms in total. The van der Waals surface area contributed by atoms with E-state index in [1.807, 2.05) is 6.20 Å². The van der Waals surface area contributed by atoms with Crippen LogP contribution in [0, 0.1) is 34.5 Å². The smallest absolute Gasteiger partial charge is 0.0924 e. The van der Waals surface area contributed by atoms with Gasteiger partial charge in [-0.1, -0.05) is 38.5 Å². The van der Waals surface area contributed by atoms with Crippen molar-refractivity contribution in [3.05, 3.63) is 35.9 Å². The summed E-state index contributed by atoms with van der Waals surface area (Å²) in [5.41, 5.74) is 4.50. The first-order valence-corrected chi connectivity index (χ1v) is 10.5. The normalized spacial score (nSPS) is 47.5. The number of nitrogens with one attached hydrogen (secondary N) is 1. The van der Waals surface area contributed by atoms with Crippen LogP contribution in [0.2, 0.25) is 0 Å². The molecule has 0 spiro atoms. The van der Waals surface area contributed by atoms with Crippen LogP contribution in [0.4, 0.5) is 0 Å². The van der Waals surface area contributed by atoms with Gasteiger partial charge in [0.2, 0.25) is 0 Å². The molecule has 1 unspecified atom stereocenters. The minimum atomic E-state index is -0.159. The highest BCUT2D eigenvalue weighted by molar-refractivity contribution is 5.70. The first-order chi connectivity index (χ1) is 12.5. The van der Waals surface area contributed by atoms with Crippen LogP contribution in [0.3, 0.4) is 0 Å². The average molecular weight is 353 g/mol. The van der Waals surface area contributed by atoms with Crippen LogP contribution in [0.15, 0.2) is 30.2 Å². The average Bonchev–Trinajstić information content (AvgIpc) is 3.24. The van der Waals surface area contributed by atoms with Gasteiger partial charge in [-0.3, -0.25) is 0 Å². The zero-order valence-electron chi connectivity index (χ0n) is 16.3. The van der Waals surface area contributed by atoms with Crippen LogP contribution < -0.4 is 0 Å². The van der Waals surface area contributed by atoms with Crippen LogP contribution >= 0.6 is 0 Å². The maximum Gasteiger partial charge on any atom is 0.0924 e. The number of allylic oxidation sites excluding steroid dienone is 3. The predicted molar refractivity (Wildman–Crippen MR) is 104 cm³/mol. The van der Waals surface area contributed by atoms with Crippen molar-refractivity contribution in [3.8, 4) is 0 Å². The number of imidazole rings is 1. The molecule has 1 aromatic heterocycles. The summed E-state index contributed by atoms with van der Waals surface area (Å²) in [6.45, 7) is 7.30. The fraction of sp³-hybridized carbons (Fsp3) is 0.696. The van der Waals surface area contributed by atoms with E-state index in [-0.39, 0.29) is 16.9 Å². The summed E-state index contributed by atoms with van der Waals surface area (Å²) < 4.78 is 0. The lowest BCUT2D eigenvalue weighted by atomic mass is 9.45. The number of rotatable bonds is 1. The highest BCUT2D eigenvalue weighted by Gasteiger charge is 2.60. The highest BCUT2D eigenvalue weighted by Crippen LogP contribution is 2.67. The van der Waals surface area contributed by atoms with E-state index in [0.29, 0.717) is 23.7 Å². The van der Waals surface area contributed by atoms with Crippen molar-refractivity contribution in [2.45, 2.75) is 65.4 Å². The Morgan fingerprint density at radius 2 is 2.08 bits per heavy atom. The molecule has 1 heterocycles. The lowest BCUT2D eigenvalue weighted by molar-refractivity contribution is -0.0873. The number of nitrogens with zero attached hydrogens (tertiary/aromatic N) is 1. The van der Waals surface area contributed by atoms with Crippen molar-refractivity contribution in [2.75, 3.05) is 0 Å². The van der Waals surface area contributed by atoms with Crippen molar-refractivity contribution < 1.29 is 5.11 Å². The number of aromatic amines is 1. The van der Waals surface area contributed by atoms with Gasteiger partial charge < -0.3 is 10.1 Å². The molecule has 5 rings (SSSR count). The van der Waals surface area contributed by atoms with Gasteiger partial charge in [0.05, 0.1) is 24.3 Å². The van der Waals surface area contributed by atoms with Gasteiger partial charge in [-0.2, -0.15) is 0 Å². The topological polar surface area (TPSA) is 48.9 Å². The molecular weight excluding hydrogens is 320 g/mol. The zero-order valence-corrected chi connectivity index (χ0v) is 16.3. The van der Waals surface area contributed by atoms with E-state index in [2.05, 4.69) is 42.9 Å². The Hall–Kier alpha value is -1.35. The number of aliphatic hydroxyl groups is 1. The predicted octanol–water partition coefficient (Wildman–Crippen LogP) is 4.97. The quantitative estimate of drug-likeness (QED) is 0.701. The van der Waals surface area contributed by atoms with Crippen molar-refractivity contribution in [3.63, 3.8) is 0 Å². The molecule has 0 saturated heterocycles. The number of aromatic nitrogens is 2. The van der Waals surface area contributed by atoms with Gasteiger partial charge in [0.25, 0.3) is 0 Å². The van der Waals surface area contributed by atoms with Crippen molar-refractivity contribution in [1.29, 1.82) is 0 Å². The van der Waals surface area contributed by atoms with Gasteiger partial charge in [-0.05, 0) is 73.2 Å². The summed E-state index contributed by atoms with van der Waals surface area (Å²) in [4.78, 5) is 7.62. The molecule has 2 N–H and O–H groups in total. The first-order valence-electron chi connectivity index (χ1n) is 10.5. The molecule has 7 atom stereocenters. The van der Waals surface area contributed by atoms with E-state index in [9.17, 15) is 5.11 Å². The van der Waals surface area contributed by atoms with Crippen molar-refractivity contribution >= 4 is 5.57 Å². The molecule has 4 aliphatic carbocycles. The lowest BCUT2D eigenvalue weighted by Crippen LogP contribution is -2.55. The summed E-state index contributed by atoms with van der Waals surface area (Å²) in [5.74, 6) is 2.60. The van der Waals surface area contributed by atoms with Crippen LogP contribution in [0.5, 0.6) is 0 Å². The van der Waals surface area contributed by atoms with E-state index in [4.69, 9.17) is 0 Å². The lowest BCUT2D eigenvalue weighted by Gasteiger charge is -2.60.